The van der Waals surface area contributed by atoms with Gasteiger partial charge in [-0.3, -0.25) is 0 Å². The van der Waals surface area contributed by atoms with Crippen molar-refractivity contribution in [3.05, 3.63) is 35.9 Å². The standard InChI is InChI=1S/C10H10N2/c1-2-10(12-8-11)9-6-4-3-5-7-9/h3-7H,2H2,1H3/b12-10-. The molecule has 60 valence electrons. The van der Waals surface area contributed by atoms with Crippen LogP contribution in [0.4, 0.5) is 0 Å². The van der Waals surface area contributed by atoms with Crippen molar-refractivity contribution in [3.8, 4) is 6.19 Å². The van der Waals surface area contributed by atoms with Crippen LogP contribution >= 0.6 is 0 Å². The van der Waals surface area contributed by atoms with Gasteiger partial charge in [0.25, 0.3) is 0 Å². The van der Waals surface area contributed by atoms with E-state index in [4.69, 9.17) is 5.26 Å². The Labute approximate surface area is 72.2 Å². The van der Waals surface area contributed by atoms with Gasteiger partial charge in [-0.2, -0.15) is 10.3 Å². The number of hydrogen-bond acceptors (Lipinski definition) is 2. The van der Waals surface area contributed by atoms with Gasteiger partial charge >= 0.3 is 0 Å². The van der Waals surface area contributed by atoms with Crippen LogP contribution < -0.4 is 0 Å². The summed E-state index contributed by atoms with van der Waals surface area (Å²) in [5.41, 5.74) is 1.87. The summed E-state index contributed by atoms with van der Waals surface area (Å²) in [7, 11) is 0. The first-order chi connectivity index (χ1) is 5.88. The molecule has 0 radical (unpaired) electrons. The van der Waals surface area contributed by atoms with Crippen LogP contribution in [-0.4, -0.2) is 5.71 Å². The fraction of sp³-hybridized carbons (Fsp3) is 0.200. The summed E-state index contributed by atoms with van der Waals surface area (Å²) in [6.07, 6.45) is 2.59. The maximum absolute atomic E-state index is 8.39. The molecular weight excluding hydrogens is 148 g/mol. The average molecular weight is 158 g/mol. The van der Waals surface area contributed by atoms with Crippen LogP contribution in [0, 0.1) is 11.5 Å². The lowest BCUT2D eigenvalue weighted by Crippen LogP contribution is -1.97. The van der Waals surface area contributed by atoms with Crippen LogP contribution in [0.3, 0.4) is 0 Å². The van der Waals surface area contributed by atoms with Gasteiger partial charge in [0, 0.05) is 0 Å². The number of aliphatic imine (C=N–C) groups is 1. The zero-order chi connectivity index (χ0) is 8.81. The van der Waals surface area contributed by atoms with E-state index in [2.05, 4.69) is 4.99 Å². The van der Waals surface area contributed by atoms with E-state index in [0.717, 1.165) is 17.7 Å². The predicted octanol–water partition coefficient (Wildman–Crippen LogP) is 2.37. The van der Waals surface area contributed by atoms with Gasteiger partial charge in [0.15, 0.2) is 0 Å². The predicted molar refractivity (Wildman–Crippen MR) is 48.9 cm³/mol. The van der Waals surface area contributed by atoms with Crippen LogP contribution in [0.2, 0.25) is 0 Å². The van der Waals surface area contributed by atoms with Gasteiger partial charge in [-0.25, -0.2) is 0 Å². The fourth-order valence-electron chi connectivity index (χ4n) is 1.04. The van der Waals surface area contributed by atoms with Gasteiger partial charge in [0.05, 0.1) is 5.71 Å². The third kappa shape index (κ3) is 1.93. The quantitative estimate of drug-likeness (QED) is 0.480. The maximum Gasteiger partial charge on any atom is 0.205 e. The Morgan fingerprint density at radius 3 is 2.58 bits per heavy atom. The molecule has 0 bridgehead atoms. The molecule has 1 aromatic carbocycles. The molecule has 0 spiro atoms. The minimum absolute atomic E-state index is 0.789. The van der Waals surface area contributed by atoms with Crippen LogP contribution in [0.1, 0.15) is 18.9 Å². The Morgan fingerprint density at radius 2 is 2.08 bits per heavy atom. The van der Waals surface area contributed by atoms with E-state index >= 15 is 0 Å². The molecule has 1 aromatic rings. The highest BCUT2D eigenvalue weighted by atomic mass is 14.7. The molecule has 0 aromatic heterocycles. The highest BCUT2D eigenvalue weighted by molar-refractivity contribution is 6.00. The lowest BCUT2D eigenvalue weighted by molar-refractivity contribution is 1.26. The summed E-state index contributed by atoms with van der Waals surface area (Å²) in [4.78, 5) is 3.74. The van der Waals surface area contributed by atoms with E-state index in [9.17, 15) is 0 Å². The Bertz CT molecular complexity index is 306. The number of nitrogens with zero attached hydrogens (tertiary/aromatic N) is 2. The van der Waals surface area contributed by atoms with Crippen molar-refractivity contribution in [2.24, 2.45) is 4.99 Å². The molecule has 0 saturated heterocycles. The Hall–Kier alpha value is -1.62. The van der Waals surface area contributed by atoms with E-state index in [-0.39, 0.29) is 0 Å². The van der Waals surface area contributed by atoms with E-state index in [1.54, 1.807) is 6.19 Å². The number of benzene rings is 1. The second kappa shape index (κ2) is 4.30. The fourth-order valence-corrected chi connectivity index (χ4v) is 1.04. The summed E-state index contributed by atoms with van der Waals surface area (Å²) >= 11 is 0. The maximum atomic E-state index is 8.39. The van der Waals surface area contributed by atoms with Crippen molar-refractivity contribution in [3.63, 3.8) is 0 Å². The van der Waals surface area contributed by atoms with E-state index in [0.29, 0.717) is 0 Å². The van der Waals surface area contributed by atoms with Crippen LogP contribution in [0.5, 0.6) is 0 Å². The molecule has 0 amide bonds. The van der Waals surface area contributed by atoms with Crippen molar-refractivity contribution in [1.82, 2.24) is 0 Å². The number of hydrogen-bond donors (Lipinski definition) is 0. The summed E-state index contributed by atoms with van der Waals surface area (Å²) in [6.45, 7) is 1.99. The summed E-state index contributed by atoms with van der Waals surface area (Å²) < 4.78 is 0. The average Bonchev–Trinajstić information content (AvgIpc) is 2.15. The number of nitriles is 1. The summed E-state index contributed by atoms with van der Waals surface area (Å²) in [5, 5.41) is 8.39. The molecule has 0 aliphatic heterocycles. The van der Waals surface area contributed by atoms with E-state index in [1.807, 2.05) is 37.3 Å². The van der Waals surface area contributed by atoms with Gasteiger partial charge in [-0.05, 0) is 12.0 Å². The topological polar surface area (TPSA) is 36.1 Å². The molecule has 0 saturated carbocycles. The SMILES string of the molecule is CC/C(=N/C#N)c1ccccc1. The molecule has 0 aliphatic rings. The molecule has 0 unspecified atom stereocenters. The van der Waals surface area contributed by atoms with Gasteiger partial charge in [0.1, 0.15) is 0 Å². The minimum atomic E-state index is 0.789. The van der Waals surface area contributed by atoms with E-state index < -0.39 is 0 Å². The van der Waals surface area contributed by atoms with Crippen LogP contribution in [0.15, 0.2) is 35.3 Å². The molecule has 1 rings (SSSR count). The molecule has 2 nitrogen and oxygen atoms in total. The molecule has 0 heterocycles. The Morgan fingerprint density at radius 1 is 1.42 bits per heavy atom. The molecular formula is C10H10N2. The monoisotopic (exact) mass is 158 g/mol. The van der Waals surface area contributed by atoms with Crippen LogP contribution in [-0.2, 0) is 0 Å². The van der Waals surface area contributed by atoms with Crippen molar-refractivity contribution in [1.29, 1.82) is 5.26 Å². The summed E-state index contributed by atoms with van der Waals surface area (Å²) in [5.74, 6) is 0. The van der Waals surface area contributed by atoms with Crippen LogP contribution in [0.25, 0.3) is 0 Å². The second-order valence-corrected chi connectivity index (χ2v) is 2.38. The first-order valence-corrected chi connectivity index (χ1v) is 3.89. The van der Waals surface area contributed by atoms with Gasteiger partial charge < -0.3 is 0 Å². The van der Waals surface area contributed by atoms with Gasteiger partial charge in [-0.15, -0.1) is 0 Å². The van der Waals surface area contributed by atoms with Crippen molar-refractivity contribution >= 4 is 5.71 Å². The van der Waals surface area contributed by atoms with Gasteiger partial charge in [0.2, 0.25) is 6.19 Å². The van der Waals surface area contributed by atoms with Gasteiger partial charge in [-0.1, -0.05) is 37.3 Å². The molecule has 0 atom stereocenters. The zero-order valence-electron chi connectivity index (χ0n) is 6.99. The second-order valence-electron chi connectivity index (χ2n) is 2.38. The molecule has 0 aliphatic carbocycles. The lowest BCUT2D eigenvalue weighted by atomic mass is 10.1. The van der Waals surface area contributed by atoms with E-state index in [1.165, 1.54) is 0 Å². The first kappa shape index (κ1) is 8.48. The Balaban J connectivity index is 2.98. The smallest absolute Gasteiger partial charge is 0.178 e. The highest BCUT2D eigenvalue weighted by Crippen LogP contribution is 2.03. The van der Waals surface area contributed by atoms with Crippen molar-refractivity contribution < 1.29 is 0 Å². The molecule has 12 heavy (non-hydrogen) atoms. The van der Waals surface area contributed by atoms with Crippen molar-refractivity contribution in [2.75, 3.05) is 0 Å². The van der Waals surface area contributed by atoms with Crippen molar-refractivity contribution in [2.45, 2.75) is 13.3 Å². The Kier molecular flexibility index (Phi) is 3.04. The largest absolute Gasteiger partial charge is 0.205 e. The zero-order valence-corrected chi connectivity index (χ0v) is 6.99. The third-order valence-corrected chi connectivity index (χ3v) is 1.63. The number of rotatable bonds is 2. The normalized spacial score (nSPS) is 10.8. The molecule has 0 N–H and O–H groups in total. The molecule has 0 fully saturated rings. The third-order valence-electron chi connectivity index (χ3n) is 1.63. The molecule has 2 heteroatoms. The lowest BCUT2D eigenvalue weighted by Gasteiger charge is -1.98. The summed E-state index contributed by atoms with van der Waals surface area (Å²) in [6, 6.07) is 9.75. The minimum Gasteiger partial charge on any atom is -0.178 e. The first-order valence-electron chi connectivity index (χ1n) is 3.89. The highest BCUT2D eigenvalue weighted by Gasteiger charge is 1.97.